The number of aryl methyl sites for hydroxylation is 1. The zero-order chi connectivity index (χ0) is 25.1. The van der Waals surface area contributed by atoms with Crippen LogP contribution in [0.5, 0.6) is 5.75 Å². The van der Waals surface area contributed by atoms with Crippen LogP contribution in [0.2, 0.25) is 0 Å². The molecule has 4 rings (SSSR count). The fraction of sp³-hybridized carbons (Fsp3) is 0.296. The topological polar surface area (TPSA) is 94.5 Å². The lowest BCUT2D eigenvalue weighted by Gasteiger charge is -2.27. The van der Waals surface area contributed by atoms with E-state index in [1.807, 2.05) is 75.5 Å². The number of hydrogen-bond donors (Lipinski definition) is 2. The highest BCUT2D eigenvalue weighted by atomic mass is 16.5. The fourth-order valence-corrected chi connectivity index (χ4v) is 4.13. The lowest BCUT2D eigenvalue weighted by atomic mass is 9.93. The molecule has 35 heavy (non-hydrogen) atoms. The molecular weight excluding hydrogens is 444 g/mol. The standard InChI is InChI=1S/C27H30N4O4/c1-6-34-26(32)23-18(5)28-27(33)29-25(23)21-15-31(20-10-8-7-9-11-20)30-24(21)19-12-13-22(17(4)14-19)35-16(2)3/h7-16,25H,6H2,1-5H3,(H2,28,29,33)/t25-/m0/s1. The number of nitrogens with one attached hydrogen (secondary N) is 2. The summed E-state index contributed by atoms with van der Waals surface area (Å²) in [6.07, 6.45) is 1.90. The van der Waals surface area contributed by atoms with Crippen LogP contribution in [-0.4, -0.2) is 34.5 Å². The Labute approximate surface area is 204 Å². The fourth-order valence-electron chi connectivity index (χ4n) is 4.13. The Morgan fingerprint density at radius 1 is 1.14 bits per heavy atom. The molecule has 182 valence electrons. The summed E-state index contributed by atoms with van der Waals surface area (Å²) in [5.41, 5.74) is 4.79. The lowest BCUT2D eigenvalue weighted by Crippen LogP contribution is -2.45. The van der Waals surface area contributed by atoms with Crippen molar-refractivity contribution >= 4 is 12.0 Å². The van der Waals surface area contributed by atoms with Crippen LogP contribution in [0.3, 0.4) is 0 Å². The molecule has 0 spiro atoms. The van der Waals surface area contributed by atoms with E-state index in [9.17, 15) is 9.59 Å². The lowest BCUT2D eigenvalue weighted by molar-refractivity contribution is -0.139. The summed E-state index contributed by atoms with van der Waals surface area (Å²) in [7, 11) is 0. The molecular formula is C27H30N4O4. The molecule has 0 aliphatic carbocycles. The number of amides is 2. The maximum absolute atomic E-state index is 12.9. The van der Waals surface area contributed by atoms with Gasteiger partial charge in [-0.1, -0.05) is 18.2 Å². The van der Waals surface area contributed by atoms with Gasteiger partial charge in [0.2, 0.25) is 0 Å². The highest BCUT2D eigenvalue weighted by molar-refractivity contribution is 5.95. The molecule has 0 radical (unpaired) electrons. The maximum atomic E-state index is 12.9. The summed E-state index contributed by atoms with van der Waals surface area (Å²) in [5, 5.41) is 10.5. The number of carbonyl (C=O) groups excluding carboxylic acids is 2. The number of esters is 1. The second-order valence-corrected chi connectivity index (χ2v) is 8.65. The Kier molecular flexibility index (Phi) is 6.91. The third-order valence-corrected chi connectivity index (χ3v) is 5.65. The van der Waals surface area contributed by atoms with Gasteiger partial charge in [0.05, 0.1) is 35.7 Å². The van der Waals surface area contributed by atoms with E-state index in [1.54, 1.807) is 18.5 Å². The number of para-hydroxylation sites is 1. The molecule has 2 N–H and O–H groups in total. The Balaban J connectivity index is 1.88. The van der Waals surface area contributed by atoms with Crippen molar-refractivity contribution in [3.63, 3.8) is 0 Å². The van der Waals surface area contributed by atoms with Gasteiger partial charge < -0.3 is 20.1 Å². The number of ether oxygens (including phenoxy) is 2. The molecule has 2 amide bonds. The van der Waals surface area contributed by atoms with E-state index in [2.05, 4.69) is 10.6 Å². The molecule has 0 saturated heterocycles. The molecule has 3 aromatic rings. The summed E-state index contributed by atoms with van der Waals surface area (Å²) in [6, 6.07) is 14.4. The predicted molar refractivity (Wildman–Crippen MR) is 133 cm³/mol. The van der Waals surface area contributed by atoms with Gasteiger partial charge in [-0.25, -0.2) is 14.3 Å². The SMILES string of the molecule is CCOC(=O)C1=C(C)NC(=O)N[C@H]1c1cn(-c2ccccc2)nc1-c1ccc(OC(C)C)c(C)c1. The van der Waals surface area contributed by atoms with Crippen molar-refractivity contribution in [1.82, 2.24) is 20.4 Å². The quantitative estimate of drug-likeness (QED) is 0.479. The van der Waals surface area contributed by atoms with Crippen molar-refractivity contribution in [2.45, 2.75) is 46.8 Å². The molecule has 0 saturated carbocycles. The van der Waals surface area contributed by atoms with E-state index in [4.69, 9.17) is 14.6 Å². The second-order valence-electron chi connectivity index (χ2n) is 8.65. The monoisotopic (exact) mass is 474 g/mol. The van der Waals surface area contributed by atoms with Crippen molar-refractivity contribution in [2.24, 2.45) is 0 Å². The zero-order valence-electron chi connectivity index (χ0n) is 20.6. The predicted octanol–water partition coefficient (Wildman–Crippen LogP) is 4.83. The summed E-state index contributed by atoms with van der Waals surface area (Å²) in [6.45, 7) is 9.62. The third-order valence-electron chi connectivity index (χ3n) is 5.65. The molecule has 1 atom stereocenters. The van der Waals surface area contributed by atoms with Gasteiger partial charge in [0.1, 0.15) is 5.75 Å². The molecule has 8 heteroatoms. The Hall–Kier alpha value is -4.07. The van der Waals surface area contributed by atoms with Gasteiger partial charge in [-0.2, -0.15) is 5.10 Å². The van der Waals surface area contributed by atoms with Crippen LogP contribution in [0.25, 0.3) is 16.9 Å². The van der Waals surface area contributed by atoms with Crippen molar-refractivity contribution in [3.05, 3.63) is 77.1 Å². The van der Waals surface area contributed by atoms with E-state index in [-0.39, 0.29) is 12.7 Å². The van der Waals surface area contributed by atoms with Crippen LogP contribution in [0, 0.1) is 6.92 Å². The van der Waals surface area contributed by atoms with Gasteiger partial charge in [-0.15, -0.1) is 0 Å². The van der Waals surface area contributed by atoms with E-state index in [0.717, 1.165) is 22.6 Å². The smallest absolute Gasteiger partial charge is 0.338 e. The third kappa shape index (κ3) is 5.06. The number of allylic oxidation sites excluding steroid dienone is 1. The second kappa shape index (κ2) is 10.0. The van der Waals surface area contributed by atoms with Gasteiger partial charge in [-0.05, 0) is 70.5 Å². The largest absolute Gasteiger partial charge is 0.491 e. The average Bonchev–Trinajstić information content (AvgIpc) is 3.26. The Bertz CT molecular complexity index is 1280. The number of urea groups is 1. The number of carbonyl (C=O) groups is 2. The van der Waals surface area contributed by atoms with Crippen molar-refractivity contribution in [3.8, 4) is 22.7 Å². The first-order valence-corrected chi connectivity index (χ1v) is 11.7. The number of nitrogens with zero attached hydrogens (tertiary/aromatic N) is 2. The van der Waals surface area contributed by atoms with E-state index < -0.39 is 18.0 Å². The van der Waals surface area contributed by atoms with Gasteiger partial charge >= 0.3 is 12.0 Å². The van der Waals surface area contributed by atoms with Crippen molar-refractivity contribution in [2.75, 3.05) is 6.61 Å². The van der Waals surface area contributed by atoms with Crippen LogP contribution in [0.1, 0.15) is 44.9 Å². The first kappa shape index (κ1) is 24.1. The highest BCUT2D eigenvalue weighted by Crippen LogP contribution is 2.36. The van der Waals surface area contributed by atoms with Gasteiger partial charge in [-0.3, -0.25) is 0 Å². The molecule has 2 heterocycles. The van der Waals surface area contributed by atoms with Crippen molar-refractivity contribution < 1.29 is 19.1 Å². The molecule has 1 aliphatic heterocycles. The van der Waals surface area contributed by atoms with Crippen LogP contribution in [0.15, 0.2) is 66.0 Å². The first-order chi connectivity index (χ1) is 16.8. The molecule has 1 aliphatic rings. The summed E-state index contributed by atoms with van der Waals surface area (Å²) < 4.78 is 13.0. The molecule has 0 bridgehead atoms. The number of hydrogen-bond acceptors (Lipinski definition) is 5. The van der Waals surface area contributed by atoms with E-state index in [1.165, 1.54) is 0 Å². The Morgan fingerprint density at radius 2 is 1.89 bits per heavy atom. The van der Waals surface area contributed by atoms with E-state index >= 15 is 0 Å². The van der Waals surface area contributed by atoms with Gasteiger partial charge in [0.15, 0.2) is 0 Å². The van der Waals surface area contributed by atoms with Gasteiger partial charge in [0, 0.05) is 23.0 Å². The van der Waals surface area contributed by atoms with Crippen LogP contribution in [0.4, 0.5) is 4.79 Å². The number of benzene rings is 2. The van der Waals surface area contributed by atoms with Crippen LogP contribution >= 0.6 is 0 Å². The summed E-state index contributed by atoms with van der Waals surface area (Å²) in [5.74, 6) is 0.309. The minimum Gasteiger partial charge on any atom is -0.491 e. The number of rotatable bonds is 7. The molecule has 0 fully saturated rings. The highest BCUT2D eigenvalue weighted by Gasteiger charge is 2.35. The summed E-state index contributed by atoms with van der Waals surface area (Å²) >= 11 is 0. The number of aromatic nitrogens is 2. The van der Waals surface area contributed by atoms with E-state index in [0.29, 0.717) is 22.5 Å². The molecule has 8 nitrogen and oxygen atoms in total. The van der Waals surface area contributed by atoms with Gasteiger partial charge in [0.25, 0.3) is 0 Å². The molecule has 1 aromatic heterocycles. The Morgan fingerprint density at radius 3 is 2.54 bits per heavy atom. The minimum atomic E-state index is -0.734. The average molecular weight is 475 g/mol. The van der Waals surface area contributed by atoms with Crippen molar-refractivity contribution in [1.29, 1.82) is 0 Å². The van der Waals surface area contributed by atoms with Crippen LogP contribution in [-0.2, 0) is 9.53 Å². The molecule has 0 unspecified atom stereocenters. The normalized spacial score (nSPS) is 15.6. The summed E-state index contributed by atoms with van der Waals surface area (Å²) in [4.78, 5) is 25.4. The maximum Gasteiger partial charge on any atom is 0.338 e. The first-order valence-electron chi connectivity index (χ1n) is 11.7. The molecule has 2 aromatic carbocycles. The minimum absolute atomic E-state index is 0.0533. The van der Waals surface area contributed by atoms with Crippen LogP contribution < -0.4 is 15.4 Å². The zero-order valence-corrected chi connectivity index (χ0v) is 20.6.